The molecule has 0 aliphatic rings. The van der Waals surface area contributed by atoms with E-state index in [0.29, 0.717) is 23.6 Å². The molecule has 0 unspecified atom stereocenters. The summed E-state index contributed by atoms with van der Waals surface area (Å²) in [4.78, 5) is 14.8. The molecule has 9 heteroatoms. The highest BCUT2D eigenvalue weighted by molar-refractivity contribution is 5.79. The number of nitrogens with zero attached hydrogens (tertiary/aromatic N) is 2. The SMILES string of the molecule is CCNC(=NCc1cccc(C(F)(F)F)c1)NCc1ccccc1[N+](=O)[O-]. The zero-order valence-electron chi connectivity index (χ0n) is 14.6. The van der Waals surface area contributed by atoms with Gasteiger partial charge in [-0.1, -0.05) is 30.3 Å². The minimum absolute atomic E-state index is 0.0151. The van der Waals surface area contributed by atoms with Gasteiger partial charge in [0.2, 0.25) is 0 Å². The molecule has 0 aromatic heterocycles. The quantitative estimate of drug-likeness (QED) is 0.345. The normalized spacial score (nSPS) is 11.9. The molecule has 0 aliphatic heterocycles. The average Bonchev–Trinajstić information content (AvgIpc) is 2.63. The number of alkyl halides is 3. The Morgan fingerprint density at radius 2 is 1.89 bits per heavy atom. The number of nitro groups is 1. The highest BCUT2D eigenvalue weighted by atomic mass is 19.4. The molecular weight excluding hydrogens is 361 g/mol. The topological polar surface area (TPSA) is 79.6 Å². The van der Waals surface area contributed by atoms with E-state index in [2.05, 4.69) is 15.6 Å². The first-order valence-corrected chi connectivity index (χ1v) is 8.22. The van der Waals surface area contributed by atoms with Crippen LogP contribution in [0.1, 0.15) is 23.6 Å². The molecule has 0 radical (unpaired) electrons. The first-order chi connectivity index (χ1) is 12.8. The van der Waals surface area contributed by atoms with Gasteiger partial charge >= 0.3 is 6.18 Å². The van der Waals surface area contributed by atoms with E-state index < -0.39 is 16.7 Å². The largest absolute Gasteiger partial charge is 0.416 e. The first kappa shape index (κ1) is 20.2. The Morgan fingerprint density at radius 3 is 2.56 bits per heavy atom. The van der Waals surface area contributed by atoms with Crippen LogP contribution in [0.25, 0.3) is 0 Å². The molecule has 0 heterocycles. The smallest absolute Gasteiger partial charge is 0.357 e. The Hall–Kier alpha value is -3.10. The molecule has 0 bridgehead atoms. The number of hydrogen-bond donors (Lipinski definition) is 2. The molecule has 6 nitrogen and oxygen atoms in total. The van der Waals surface area contributed by atoms with Crippen molar-refractivity contribution in [3.8, 4) is 0 Å². The highest BCUT2D eigenvalue weighted by Crippen LogP contribution is 2.29. The van der Waals surface area contributed by atoms with E-state index in [4.69, 9.17) is 0 Å². The molecule has 0 fully saturated rings. The van der Waals surface area contributed by atoms with Crippen LogP contribution in [0, 0.1) is 10.1 Å². The van der Waals surface area contributed by atoms with Crippen LogP contribution in [0.15, 0.2) is 53.5 Å². The summed E-state index contributed by atoms with van der Waals surface area (Å²) in [7, 11) is 0. The van der Waals surface area contributed by atoms with Gasteiger partial charge in [-0.25, -0.2) is 4.99 Å². The Kier molecular flexibility index (Phi) is 6.75. The summed E-state index contributed by atoms with van der Waals surface area (Å²) in [5.41, 5.74) is 0.145. The molecule has 0 amide bonds. The van der Waals surface area contributed by atoms with Crippen molar-refractivity contribution < 1.29 is 18.1 Å². The fraction of sp³-hybridized carbons (Fsp3) is 0.278. The lowest BCUT2D eigenvalue weighted by Gasteiger charge is -2.12. The van der Waals surface area contributed by atoms with Crippen molar-refractivity contribution in [3.05, 3.63) is 75.3 Å². The van der Waals surface area contributed by atoms with Crippen LogP contribution >= 0.6 is 0 Å². The second-order valence-electron chi connectivity index (χ2n) is 5.63. The molecular formula is C18H19F3N4O2. The second-order valence-corrected chi connectivity index (χ2v) is 5.63. The molecule has 144 valence electrons. The second kappa shape index (κ2) is 9.02. The van der Waals surface area contributed by atoms with Crippen LogP contribution in [-0.4, -0.2) is 17.4 Å². The molecule has 2 N–H and O–H groups in total. The molecule has 2 aromatic carbocycles. The van der Waals surface area contributed by atoms with Crippen LogP contribution in [-0.2, 0) is 19.3 Å². The van der Waals surface area contributed by atoms with Crippen LogP contribution in [0.4, 0.5) is 18.9 Å². The van der Waals surface area contributed by atoms with Gasteiger partial charge in [-0.05, 0) is 24.6 Å². The Balaban J connectivity index is 2.10. The standard InChI is InChI=1S/C18H19F3N4O2/c1-2-22-17(24-12-14-7-3-4-9-16(14)25(26)27)23-11-13-6-5-8-15(10-13)18(19,20)21/h3-10H,2,11-12H2,1H3,(H2,22,23,24). The van der Waals surface area contributed by atoms with Gasteiger partial charge in [0, 0.05) is 24.7 Å². The van der Waals surface area contributed by atoms with E-state index >= 15 is 0 Å². The van der Waals surface area contributed by atoms with Gasteiger partial charge in [-0.2, -0.15) is 13.2 Å². The number of halogens is 3. The van der Waals surface area contributed by atoms with Crippen molar-refractivity contribution in [1.82, 2.24) is 10.6 Å². The van der Waals surface area contributed by atoms with Crippen LogP contribution in [0.5, 0.6) is 0 Å². The summed E-state index contributed by atoms with van der Waals surface area (Å²) in [5, 5.41) is 17.0. The molecule has 27 heavy (non-hydrogen) atoms. The zero-order valence-corrected chi connectivity index (χ0v) is 14.6. The summed E-state index contributed by atoms with van der Waals surface area (Å²) in [6.45, 7) is 2.57. The maximum atomic E-state index is 12.8. The van der Waals surface area contributed by atoms with E-state index in [1.54, 1.807) is 24.3 Å². The minimum atomic E-state index is -4.41. The van der Waals surface area contributed by atoms with Gasteiger partial charge < -0.3 is 10.6 Å². The number of benzene rings is 2. The molecule has 2 aromatic rings. The van der Waals surface area contributed by atoms with Crippen LogP contribution < -0.4 is 10.6 Å². The van der Waals surface area contributed by atoms with Gasteiger partial charge in [0.1, 0.15) is 0 Å². The summed E-state index contributed by atoms with van der Waals surface area (Å²) in [6, 6.07) is 11.3. The molecule has 0 saturated heterocycles. The predicted octanol–water partition coefficient (Wildman–Crippen LogP) is 3.87. The maximum Gasteiger partial charge on any atom is 0.416 e. The number of rotatable bonds is 6. The maximum absolute atomic E-state index is 12.8. The summed E-state index contributed by atoms with van der Waals surface area (Å²) in [6.07, 6.45) is -4.41. The van der Waals surface area contributed by atoms with Crippen molar-refractivity contribution >= 4 is 11.6 Å². The van der Waals surface area contributed by atoms with E-state index in [1.807, 2.05) is 6.92 Å². The van der Waals surface area contributed by atoms with Crippen LogP contribution in [0.3, 0.4) is 0 Å². The number of nitrogens with one attached hydrogen (secondary N) is 2. The molecule has 2 rings (SSSR count). The van der Waals surface area contributed by atoms with Crippen molar-refractivity contribution in [1.29, 1.82) is 0 Å². The number of nitro benzene ring substituents is 1. The zero-order chi connectivity index (χ0) is 19.9. The minimum Gasteiger partial charge on any atom is -0.357 e. The lowest BCUT2D eigenvalue weighted by atomic mass is 10.1. The number of hydrogen-bond acceptors (Lipinski definition) is 3. The van der Waals surface area contributed by atoms with Crippen molar-refractivity contribution in [2.45, 2.75) is 26.2 Å². The Morgan fingerprint density at radius 1 is 1.15 bits per heavy atom. The van der Waals surface area contributed by atoms with E-state index in [1.165, 1.54) is 12.1 Å². The summed E-state index contributed by atoms with van der Waals surface area (Å²) < 4.78 is 38.4. The molecule has 0 saturated carbocycles. The molecule has 0 atom stereocenters. The molecule has 0 aliphatic carbocycles. The van der Waals surface area contributed by atoms with Gasteiger partial charge in [0.15, 0.2) is 5.96 Å². The van der Waals surface area contributed by atoms with Crippen LogP contribution in [0.2, 0.25) is 0 Å². The predicted molar refractivity (Wildman–Crippen MR) is 96.2 cm³/mol. The third-order valence-electron chi connectivity index (χ3n) is 3.65. The number of para-hydroxylation sites is 1. The van der Waals surface area contributed by atoms with E-state index in [9.17, 15) is 23.3 Å². The first-order valence-electron chi connectivity index (χ1n) is 8.22. The van der Waals surface area contributed by atoms with Gasteiger partial charge in [-0.15, -0.1) is 0 Å². The van der Waals surface area contributed by atoms with Gasteiger partial charge in [0.05, 0.1) is 17.0 Å². The Bertz CT molecular complexity index is 822. The highest BCUT2D eigenvalue weighted by Gasteiger charge is 2.30. The fourth-order valence-corrected chi connectivity index (χ4v) is 2.38. The van der Waals surface area contributed by atoms with E-state index in [-0.39, 0.29) is 18.8 Å². The van der Waals surface area contributed by atoms with E-state index in [0.717, 1.165) is 12.1 Å². The number of guanidine groups is 1. The van der Waals surface area contributed by atoms with Gasteiger partial charge in [0.25, 0.3) is 5.69 Å². The number of aliphatic imine (C=N–C) groups is 1. The lowest BCUT2D eigenvalue weighted by Crippen LogP contribution is -2.36. The third-order valence-corrected chi connectivity index (χ3v) is 3.65. The fourth-order valence-electron chi connectivity index (χ4n) is 2.38. The summed E-state index contributed by atoms with van der Waals surface area (Å²) in [5.74, 6) is 0.355. The average molecular weight is 380 g/mol. The third kappa shape index (κ3) is 5.98. The monoisotopic (exact) mass is 380 g/mol. The molecule has 0 spiro atoms. The van der Waals surface area contributed by atoms with Gasteiger partial charge in [-0.3, -0.25) is 10.1 Å². The van der Waals surface area contributed by atoms with Crippen molar-refractivity contribution in [2.75, 3.05) is 6.54 Å². The summed E-state index contributed by atoms with van der Waals surface area (Å²) >= 11 is 0. The van der Waals surface area contributed by atoms with Crippen molar-refractivity contribution in [3.63, 3.8) is 0 Å². The lowest BCUT2D eigenvalue weighted by molar-refractivity contribution is -0.385. The Labute approximate surface area is 154 Å². The van der Waals surface area contributed by atoms with Crippen molar-refractivity contribution in [2.24, 2.45) is 4.99 Å².